The van der Waals surface area contributed by atoms with Crippen molar-refractivity contribution in [2.75, 3.05) is 29.4 Å². The van der Waals surface area contributed by atoms with E-state index >= 15 is 0 Å². The first-order valence-corrected chi connectivity index (χ1v) is 11.4. The van der Waals surface area contributed by atoms with Crippen LogP contribution in [0.3, 0.4) is 0 Å². The zero-order valence-corrected chi connectivity index (χ0v) is 18.7. The van der Waals surface area contributed by atoms with Crippen LogP contribution in [-0.2, 0) is 14.8 Å². The van der Waals surface area contributed by atoms with Crippen LogP contribution in [-0.4, -0.2) is 34.5 Å². The van der Waals surface area contributed by atoms with Gasteiger partial charge in [0.2, 0.25) is 5.91 Å². The van der Waals surface area contributed by atoms with Crippen LogP contribution in [0.4, 0.5) is 11.4 Å². The standard InChI is InChI=1S/C24H26N2O4S/c1-4-30-22-14-12-21(13-15-22)26(31(28,29)23-16-10-19(2)11-17-23)18-24(27)25(3)20-8-6-5-7-9-20/h5-17H,4,18H2,1-3H3. The molecule has 0 heterocycles. The maximum absolute atomic E-state index is 13.5. The van der Waals surface area contributed by atoms with E-state index in [2.05, 4.69) is 0 Å². The quantitative estimate of drug-likeness (QED) is 0.527. The number of anilines is 2. The lowest BCUT2D eigenvalue weighted by Gasteiger charge is -2.27. The third kappa shape index (κ3) is 5.24. The maximum Gasteiger partial charge on any atom is 0.264 e. The molecule has 0 saturated carbocycles. The summed E-state index contributed by atoms with van der Waals surface area (Å²) in [6.45, 7) is 3.93. The van der Waals surface area contributed by atoms with Crippen molar-refractivity contribution in [1.82, 2.24) is 0 Å². The van der Waals surface area contributed by atoms with Crippen LogP contribution in [0.15, 0.2) is 83.8 Å². The highest BCUT2D eigenvalue weighted by Gasteiger charge is 2.28. The predicted octanol–water partition coefficient (Wildman–Crippen LogP) is 4.25. The topological polar surface area (TPSA) is 66.9 Å². The number of ether oxygens (including phenoxy) is 1. The Kier molecular flexibility index (Phi) is 6.97. The molecular formula is C24H26N2O4S. The van der Waals surface area contributed by atoms with Crippen molar-refractivity contribution in [3.05, 3.63) is 84.4 Å². The second-order valence-corrected chi connectivity index (χ2v) is 8.90. The summed E-state index contributed by atoms with van der Waals surface area (Å²) in [5.74, 6) is 0.280. The number of sulfonamides is 1. The van der Waals surface area contributed by atoms with Gasteiger partial charge >= 0.3 is 0 Å². The summed E-state index contributed by atoms with van der Waals surface area (Å²) < 4.78 is 33.5. The number of benzene rings is 3. The minimum absolute atomic E-state index is 0.127. The molecule has 0 N–H and O–H groups in total. The molecule has 6 nitrogen and oxygen atoms in total. The van der Waals surface area contributed by atoms with Crippen LogP contribution >= 0.6 is 0 Å². The highest BCUT2D eigenvalue weighted by Crippen LogP contribution is 2.26. The third-order valence-corrected chi connectivity index (χ3v) is 6.63. The molecule has 1 amide bonds. The van der Waals surface area contributed by atoms with Gasteiger partial charge in [0.1, 0.15) is 12.3 Å². The molecule has 31 heavy (non-hydrogen) atoms. The van der Waals surface area contributed by atoms with Gasteiger partial charge in [0.15, 0.2) is 0 Å². The Balaban J connectivity index is 1.97. The first-order valence-electron chi connectivity index (χ1n) is 9.97. The van der Waals surface area contributed by atoms with E-state index < -0.39 is 10.0 Å². The van der Waals surface area contributed by atoms with Gasteiger partial charge in [-0.3, -0.25) is 9.10 Å². The molecule has 0 spiro atoms. The molecule has 0 radical (unpaired) electrons. The van der Waals surface area contributed by atoms with Gasteiger partial charge < -0.3 is 9.64 Å². The van der Waals surface area contributed by atoms with Crippen LogP contribution in [0.25, 0.3) is 0 Å². The minimum atomic E-state index is -3.96. The zero-order valence-electron chi connectivity index (χ0n) is 17.9. The molecule has 3 aromatic rings. The van der Waals surface area contributed by atoms with Gasteiger partial charge in [-0.15, -0.1) is 0 Å². The summed E-state index contributed by atoms with van der Waals surface area (Å²) in [5, 5.41) is 0. The van der Waals surface area contributed by atoms with Crippen LogP contribution in [0.5, 0.6) is 5.75 Å². The number of likely N-dealkylation sites (N-methyl/N-ethyl adjacent to an activating group) is 1. The van der Waals surface area contributed by atoms with Crippen molar-refractivity contribution in [3.63, 3.8) is 0 Å². The Bertz CT molecular complexity index is 1110. The summed E-state index contributed by atoms with van der Waals surface area (Å²) in [6.07, 6.45) is 0. The maximum atomic E-state index is 13.5. The van der Waals surface area contributed by atoms with E-state index in [0.29, 0.717) is 23.7 Å². The van der Waals surface area contributed by atoms with Crippen molar-refractivity contribution in [1.29, 1.82) is 0 Å². The molecule has 0 aliphatic carbocycles. The van der Waals surface area contributed by atoms with E-state index in [0.717, 1.165) is 9.87 Å². The Labute approximate surface area is 183 Å². The second kappa shape index (κ2) is 9.66. The molecule has 0 fully saturated rings. The van der Waals surface area contributed by atoms with Crippen LogP contribution in [0.1, 0.15) is 12.5 Å². The fraction of sp³-hybridized carbons (Fsp3) is 0.208. The van der Waals surface area contributed by atoms with Crippen molar-refractivity contribution < 1.29 is 17.9 Å². The molecule has 0 aliphatic heterocycles. The Hall–Kier alpha value is -3.32. The summed E-state index contributed by atoms with van der Waals surface area (Å²) in [7, 11) is -2.33. The fourth-order valence-electron chi connectivity index (χ4n) is 3.05. The Morgan fingerprint density at radius 2 is 1.48 bits per heavy atom. The first-order chi connectivity index (χ1) is 14.8. The highest BCUT2D eigenvalue weighted by molar-refractivity contribution is 7.92. The van der Waals surface area contributed by atoms with Gasteiger partial charge in [0.25, 0.3) is 10.0 Å². The van der Waals surface area contributed by atoms with E-state index in [-0.39, 0.29) is 17.3 Å². The average Bonchev–Trinajstić information content (AvgIpc) is 2.78. The summed E-state index contributed by atoms with van der Waals surface area (Å²) in [6, 6.07) is 22.4. The van der Waals surface area contributed by atoms with E-state index in [1.807, 2.05) is 32.0 Å². The normalized spacial score (nSPS) is 11.1. The van der Waals surface area contributed by atoms with E-state index in [1.165, 1.54) is 4.90 Å². The predicted molar refractivity (Wildman–Crippen MR) is 123 cm³/mol. The number of rotatable bonds is 8. The molecule has 0 atom stereocenters. The van der Waals surface area contributed by atoms with Gasteiger partial charge in [-0.2, -0.15) is 0 Å². The number of carbonyl (C=O) groups is 1. The number of para-hydroxylation sites is 1. The van der Waals surface area contributed by atoms with Gasteiger partial charge in [-0.1, -0.05) is 35.9 Å². The summed E-state index contributed by atoms with van der Waals surface area (Å²) >= 11 is 0. The molecule has 3 rings (SSSR count). The molecule has 3 aromatic carbocycles. The molecular weight excluding hydrogens is 412 g/mol. The number of nitrogens with zero attached hydrogens (tertiary/aromatic N) is 2. The lowest BCUT2D eigenvalue weighted by Crippen LogP contribution is -2.41. The minimum Gasteiger partial charge on any atom is -0.494 e. The number of hydrogen-bond acceptors (Lipinski definition) is 4. The highest BCUT2D eigenvalue weighted by atomic mass is 32.2. The van der Waals surface area contributed by atoms with Gasteiger partial charge in [-0.05, 0) is 62.4 Å². The van der Waals surface area contributed by atoms with Gasteiger partial charge in [0.05, 0.1) is 17.2 Å². The molecule has 0 aliphatic rings. The summed E-state index contributed by atoms with van der Waals surface area (Å²) in [4.78, 5) is 14.6. The lowest BCUT2D eigenvalue weighted by atomic mass is 10.2. The molecule has 7 heteroatoms. The number of aryl methyl sites for hydroxylation is 1. The first kappa shape index (κ1) is 22.4. The lowest BCUT2D eigenvalue weighted by molar-refractivity contribution is -0.116. The van der Waals surface area contributed by atoms with Crippen molar-refractivity contribution >= 4 is 27.3 Å². The SMILES string of the molecule is CCOc1ccc(N(CC(=O)N(C)c2ccccc2)S(=O)(=O)c2ccc(C)cc2)cc1. The van der Waals surface area contributed by atoms with Gasteiger partial charge in [-0.25, -0.2) is 8.42 Å². The second-order valence-electron chi connectivity index (χ2n) is 7.04. The Morgan fingerprint density at radius 1 is 0.871 bits per heavy atom. The number of carbonyl (C=O) groups excluding carboxylic acids is 1. The molecule has 0 bridgehead atoms. The fourth-order valence-corrected chi connectivity index (χ4v) is 4.47. The monoisotopic (exact) mass is 438 g/mol. The summed E-state index contributed by atoms with van der Waals surface area (Å²) in [5.41, 5.74) is 2.03. The molecule has 0 aromatic heterocycles. The third-order valence-electron chi connectivity index (χ3n) is 4.84. The van der Waals surface area contributed by atoms with E-state index in [4.69, 9.17) is 4.74 Å². The van der Waals surface area contributed by atoms with Crippen molar-refractivity contribution in [2.45, 2.75) is 18.7 Å². The molecule has 0 saturated heterocycles. The van der Waals surface area contributed by atoms with Gasteiger partial charge in [0, 0.05) is 12.7 Å². The van der Waals surface area contributed by atoms with Crippen molar-refractivity contribution in [2.24, 2.45) is 0 Å². The van der Waals surface area contributed by atoms with Crippen LogP contribution < -0.4 is 13.9 Å². The largest absolute Gasteiger partial charge is 0.494 e. The van der Waals surface area contributed by atoms with Crippen molar-refractivity contribution in [3.8, 4) is 5.75 Å². The van der Waals surface area contributed by atoms with E-state index in [9.17, 15) is 13.2 Å². The molecule has 162 valence electrons. The molecule has 0 unspecified atom stereocenters. The number of hydrogen-bond donors (Lipinski definition) is 0. The smallest absolute Gasteiger partial charge is 0.264 e. The zero-order chi connectivity index (χ0) is 22.4. The van der Waals surface area contributed by atoms with E-state index in [1.54, 1.807) is 67.7 Å². The van der Waals surface area contributed by atoms with Crippen LogP contribution in [0.2, 0.25) is 0 Å². The average molecular weight is 439 g/mol. The number of amides is 1. The Morgan fingerprint density at radius 3 is 2.06 bits per heavy atom. The van der Waals surface area contributed by atoms with Crippen LogP contribution in [0, 0.1) is 6.92 Å².